The minimum atomic E-state index is -1.20. The van der Waals surface area contributed by atoms with Crippen molar-refractivity contribution in [3.63, 3.8) is 0 Å². The summed E-state index contributed by atoms with van der Waals surface area (Å²) in [6.07, 6.45) is 7.17. The summed E-state index contributed by atoms with van der Waals surface area (Å²) in [6, 6.07) is 16.9. The molecule has 1 N–H and O–H groups in total. The average molecular weight is 600 g/mol. The smallest absolute Gasteiger partial charge is 0.248 e. The fourth-order valence-corrected chi connectivity index (χ4v) is 7.78. The second-order valence-corrected chi connectivity index (χ2v) is 12.4. The van der Waals surface area contributed by atoms with E-state index < -0.39 is 35.1 Å². The van der Waals surface area contributed by atoms with Crippen LogP contribution in [0.15, 0.2) is 86.0 Å². The highest BCUT2D eigenvalue weighted by Gasteiger charge is 2.79. The summed E-state index contributed by atoms with van der Waals surface area (Å²) in [5, 5.41) is 10.8. The van der Waals surface area contributed by atoms with Crippen molar-refractivity contribution in [1.82, 2.24) is 9.80 Å². The van der Waals surface area contributed by atoms with Crippen molar-refractivity contribution in [2.24, 2.45) is 11.8 Å². The van der Waals surface area contributed by atoms with Crippen LogP contribution >= 0.6 is 0 Å². The largest absolute Gasteiger partial charge is 0.394 e. The number of likely N-dealkylation sites (tertiary alicyclic amines) is 1. The summed E-state index contributed by atoms with van der Waals surface area (Å²) in [4.78, 5) is 49.1. The molecule has 2 bridgehead atoms. The molecule has 1 spiro atoms. The monoisotopic (exact) mass is 599 g/mol. The SMILES string of the molecule is C=CCN(CCCCC)C(=O)C1N([C@H](CO)c2ccccc2)C(=O)[C@@H]2[C@H](C(=O)N(CC=C)c3ccccc3)[C@]3(C)CCC12O3. The van der Waals surface area contributed by atoms with Crippen molar-refractivity contribution >= 4 is 23.4 Å². The van der Waals surface area contributed by atoms with Gasteiger partial charge in [-0.25, -0.2) is 0 Å². The summed E-state index contributed by atoms with van der Waals surface area (Å²) in [6.45, 7) is 12.5. The number of benzene rings is 2. The third-order valence-corrected chi connectivity index (χ3v) is 9.75. The molecule has 3 amide bonds. The van der Waals surface area contributed by atoms with Crippen LogP contribution in [0.4, 0.5) is 5.69 Å². The van der Waals surface area contributed by atoms with Crippen LogP contribution in [0.1, 0.15) is 57.6 Å². The lowest BCUT2D eigenvalue weighted by Gasteiger charge is -2.39. The van der Waals surface area contributed by atoms with E-state index in [4.69, 9.17) is 4.74 Å². The molecule has 0 radical (unpaired) electrons. The van der Waals surface area contributed by atoms with E-state index in [1.165, 1.54) is 0 Å². The molecule has 3 aliphatic rings. The lowest BCUT2D eigenvalue weighted by molar-refractivity contribution is -0.154. The van der Waals surface area contributed by atoms with Crippen molar-refractivity contribution in [2.75, 3.05) is 31.1 Å². The molecule has 2 aromatic carbocycles. The molecule has 8 heteroatoms. The van der Waals surface area contributed by atoms with E-state index in [9.17, 15) is 19.5 Å². The minimum absolute atomic E-state index is 0.224. The minimum Gasteiger partial charge on any atom is -0.394 e. The molecule has 0 saturated carbocycles. The lowest BCUT2D eigenvalue weighted by Crippen LogP contribution is -2.57. The Labute approximate surface area is 261 Å². The summed E-state index contributed by atoms with van der Waals surface area (Å²) >= 11 is 0. The number of aliphatic hydroxyl groups excluding tert-OH is 1. The van der Waals surface area contributed by atoms with Crippen LogP contribution in [0.3, 0.4) is 0 Å². The second-order valence-electron chi connectivity index (χ2n) is 12.4. The number of carbonyl (C=O) groups excluding carboxylic acids is 3. The van der Waals surface area contributed by atoms with E-state index >= 15 is 0 Å². The number of ether oxygens (including phenoxy) is 1. The van der Waals surface area contributed by atoms with Crippen LogP contribution in [-0.2, 0) is 19.1 Å². The van der Waals surface area contributed by atoms with Gasteiger partial charge in [-0.1, -0.05) is 80.4 Å². The summed E-state index contributed by atoms with van der Waals surface area (Å²) in [7, 11) is 0. The van der Waals surface area contributed by atoms with Crippen LogP contribution in [0.5, 0.6) is 0 Å². The number of carbonyl (C=O) groups is 3. The summed E-state index contributed by atoms with van der Waals surface area (Å²) < 4.78 is 6.90. The number of aliphatic hydroxyl groups is 1. The maximum Gasteiger partial charge on any atom is 0.248 e. The van der Waals surface area contributed by atoms with E-state index in [1.807, 2.05) is 67.6 Å². The molecule has 2 aromatic rings. The van der Waals surface area contributed by atoms with E-state index in [-0.39, 0.29) is 30.9 Å². The number of anilines is 1. The first-order valence-electron chi connectivity index (χ1n) is 15.8. The van der Waals surface area contributed by atoms with Gasteiger partial charge < -0.3 is 24.5 Å². The lowest BCUT2D eigenvalue weighted by atomic mass is 9.66. The summed E-state index contributed by atoms with van der Waals surface area (Å²) in [5.74, 6) is -2.47. The van der Waals surface area contributed by atoms with Gasteiger partial charge in [0.25, 0.3) is 0 Å². The molecule has 44 heavy (non-hydrogen) atoms. The molecule has 3 saturated heterocycles. The number of nitrogens with zero attached hydrogens (tertiary/aromatic N) is 3. The van der Waals surface area contributed by atoms with Gasteiger partial charge in [0, 0.05) is 25.3 Å². The quantitative estimate of drug-likeness (QED) is 0.246. The van der Waals surface area contributed by atoms with E-state index in [2.05, 4.69) is 20.1 Å². The molecule has 5 rings (SSSR count). The highest BCUT2D eigenvalue weighted by molar-refractivity contribution is 6.03. The van der Waals surface area contributed by atoms with Gasteiger partial charge in [0.05, 0.1) is 30.1 Å². The molecule has 234 valence electrons. The Morgan fingerprint density at radius 2 is 1.68 bits per heavy atom. The first-order valence-corrected chi connectivity index (χ1v) is 15.8. The standard InChI is InChI=1S/C36H45N3O5/c1-5-8-15-24-37(22-6-2)34(43)31-36-21-20-35(4,44-36)29(32(41)38(23-7-3)27-18-13-10-14-19-27)30(36)33(42)39(31)28(25-40)26-16-11-9-12-17-26/h6-7,9-14,16-19,28-31,40H,2-3,5,8,15,20-25H2,1,4H3/t28-,29-,30+,31?,35+,36?/m1/s1. The first kappa shape index (κ1) is 31.7. The molecule has 0 aromatic heterocycles. The Kier molecular flexibility index (Phi) is 9.42. The number of para-hydroxylation sites is 1. The third-order valence-electron chi connectivity index (χ3n) is 9.75. The Balaban J connectivity index is 1.62. The average Bonchev–Trinajstić information content (AvgIpc) is 3.61. The topological polar surface area (TPSA) is 90.4 Å². The molecule has 0 aliphatic carbocycles. The molecule has 2 unspecified atom stereocenters. The number of rotatable bonds is 14. The normalized spacial score (nSPS) is 27.6. The van der Waals surface area contributed by atoms with Crippen molar-refractivity contribution < 1.29 is 24.2 Å². The number of unbranched alkanes of at least 4 members (excludes halogenated alkanes) is 2. The van der Waals surface area contributed by atoms with Gasteiger partial charge in [-0.15, -0.1) is 13.2 Å². The van der Waals surface area contributed by atoms with E-state index in [1.54, 1.807) is 26.9 Å². The van der Waals surface area contributed by atoms with E-state index in [0.29, 0.717) is 31.6 Å². The van der Waals surface area contributed by atoms with Crippen LogP contribution < -0.4 is 4.90 Å². The molecule has 6 atom stereocenters. The second kappa shape index (κ2) is 13.1. The van der Waals surface area contributed by atoms with Gasteiger partial charge in [0.2, 0.25) is 17.7 Å². The Bertz CT molecular complexity index is 1370. The molecular formula is C36H45N3O5. The highest BCUT2D eigenvalue weighted by atomic mass is 16.5. The number of amides is 3. The van der Waals surface area contributed by atoms with Crippen LogP contribution in [-0.4, -0.2) is 76.1 Å². The van der Waals surface area contributed by atoms with Crippen molar-refractivity contribution in [3.8, 4) is 0 Å². The van der Waals surface area contributed by atoms with Gasteiger partial charge in [-0.3, -0.25) is 14.4 Å². The number of fused-ring (bicyclic) bond motifs is 1. The summed E-state index contributed by atoms with van der Waals surface area (Å²) in [5.41, 5.74) is -0.701. The zero-order valence-corrected chi connectivity index (χ0v) is 25.9. The van der Waals surface area contributed by atoms with Crippen molar-refractivity contribution in [1.29, 1.82) is 0 Å². The fraction of sp³-hybridized carbons (Fsp3) is 0.472. The molecule has 8 nitrogen and oxygen atoms in total. The molecule has 3 fully saturated rings. The number of hydrogen-bond donors (Lipinski definition) is 1. The molecule has 3 heterocycles. The Morgan fingerprint density at radius 3 is 2.30 bits per heavy atom. The Hall–Kier alpha value is -3.75. The molecular weight excluding hydrogens is 554 g/mol. The maximum absolute atomic E-state index is 14.8. The van der Waals surface area contributed by atoms with Crippen LogP contribution in [0, 0.1) is 11.8 Å². The van der Waals surface area contributed by atoms with Crippen molar-refractivity contribution in [3.05, 3.63) is 91.5 Å². The number of hydrogen-bond acceptors (Lipinski definition) is 5. The first-order chi connectivity index (χ1) is 21.3. The predicted octanol–water partition coefficient (Wildman–Crippen LogP) is 4.91. The third kappa shape index (κ3) is 5.28. The van der Waals surface area contributed by atoms with Gasteiger partial charge in [-0.2, -0.15) is 0 Å². The van der Waals surface area contributed by atoms with Gasteiger partial charge >= 0.3 is 0 Å². The van der Waals surface area contributed by atoms with Gasteiger partial charge in [-0.05, 0) is 43.9 Å². The van der Waals surface area contributed by atoms with Crippen LogP contribution in [0.2, 0.25) is 0 Å². The fourth-order valence-electron chi connectivity index (χ4n) is 7.78. The molecule has 3 aliphatic heterocycles. The van der Waals surface area contributed by atoms with Crippen LogP contribution in [0.25, 0.3) is 0 Å². The highest BCUT2D eigenvalue weighted by Crippen LogP contribution is 2.64. The maximum atomic E-state index is 14.8. The van der Waals surface area contributed by atoms with Gasteiger partial charge in [0.15, 0.2) is 0 Å². The predicted molar refractivity (Wildman–Crippen MR) is 171 cm³/mol. The Morgan fingerprint density at radius 1 is 1.02 bits per heavy atom. The van der Waals surface area contributed by atoms with Crippen molar-refractivity contribution in [2.45, 2.75) is 69.2 Å². The zero-order valence-electron chi connectivity index (χ0n) is 25.9. The zero-order chi connectivity index (χ0) is 31.5. The van der Waals surface area contributed by atoms with E-state index in [0.717, 1.165) is 24.8 Å². The van der Waals surface area contributed by atoms with Gasteiger partial charge in [0.1, 0.15) is 11.6 Å².